The molecule has 1 atom stereocenters. The second kappa shape index (κ2) is 4.51. The number of hydrogen-bond acceptors (Lipinski definition) is 3. The van der Waals surface area contributed by atoms with Gasteiger partial charge in [0.05, 0.1) is 0 Å². The molecule has 0 fully saturated rings. The Bertz CT molecular complexity index is 563. The summed E-state index contributed by atoms with van der Waals surface area (Å²) < 4.78 is 5.58. The molecule has 19 heavy (non-hydrogen) atoms. The standard InChI is InChI=1S/C16H19NO2/c1-11-6-7-14(19-11)15(18)16(10-17)8-12-4-2-3-5-13(12)9-16/h2-7,15,18H,8-10,17H2,1H3. The number of nitrogens with two attached hydrogens (primary N) is 1. The lowest BCUT2D eigenvalue weighted by molar-refractivity contribution is 0.0183. The van der Waals surface area contributed by atoms with Gasteiger partial charge in [-0.05, 0) is 43.0 Å². The van der Waals surface area contributed by atoms with Crippen molar-refractivity contribution < 1.29 is 9.52 Å². The fourth-order valence-corrected chi connectivity index (χ4v) is 3.07. The number of aliphatic hydroxyl groups excluding tert-OH is 1. The van der Waals surface area contributed by atoms with Crippen molar-refractivity contribution >= 4 is 0 Å². The monoisotopic (exact) mass is 257 g/mol. The van der Waals surface area contributed by atoms with Crippen LogP contribution in [0.3, 0.4) is 0 Å². The molecule has 100 valence electrons. The summed E-state index contributed by atoms with van der Waals surface area (Å²) in [7, 11) is 0. The van der Waals surface area contributed by atoms with Crippen molar-refractivity contribution in [2.75, 3.05) is 6.54 Å². The third-order valence-corrected chi connectivity index (χ3v) is 4.22. The van der Waals surface area contributed by atoms with Crippen molar-refractivity contribution in [3.63, 3.8) is 0 Å². The van der Waals surface area contributed by atoms with E-state index in [1.54, 1.807) is 0 Å². The minimum atomic E-state index is -0.654. The van der Waals surface area contributed by atoms with E-state index in [1.165, 1.54) is 11.1 Å². The van der Waals surface area contributed by atoms with Crippen LogP contribution in [0.2, 0.25) is 0 Å². The first-order chi connectivity index (χ1) is 9.14. The molecular weight excluding hydrogens is 238 g/mol. The Labute approximate surface area is 113 Å². The van der Waals surface area contributed by atoms with Crippen LogP contribution >= 0.6 is 0 Å². The third-order valence-electron chi connectivity index (χ3n) is 4.22. The molecule has 3 N–H and O–H groups in total. The van der Waals surface area contributed by atoms with Crippen LogP contribution in [0, 0.1) is 12.3 Å². The van der Waals surface area contributed by atoms with Crippen molar-refractivity contribution in [2.45, 2.75) is 25.9 Å². The van der Waals surface area contributed by atoms with Crippen LogP contribution in [0.25, 0.3) is 0 Å². The maximum Gasteiger partial charge on any atom is 0.133 e. The summed E-state index contributed by atoms with van der Waals surface area (Å²) in [6.45, 7) is 2.33. The average molecular weight is 257 g/mol. The van der Waals surface area contributed by atoms with Crippen molar-refractivity contribution in [1.29, 1.82) is 0 Å². The number of hydrogen-bond donors (Lipinski definition) is 2. The molecule has 0 saturated carbocycles. The molecule has 3 nitrogen and oxygen atoms in total. The molecule has 0 amide bonds. The van der Waals surface area contributed by atoms with Gasteiger partial charge in [-0.1, -0.05) is 24.3 Å². The lowest BCUT2D eigenvalue weighted by atomic mass is 9.78. The number of fused-ring (bicyclic) bond motifs is 1. The van der Waals surface area contributed by atoms with Gasteiger partial charge in [0.1, 0.15) is 17.6 Å². The lowest BCUT2D eigenvalue weighted by Gasteiger charge is -2.31. The Morgan fingerprint density at radius 3 is 2.32 bits per heavy atom. The molecule has 1 heterocycles. The largest absolute Gasteiger partial charge is 0.464 e. The van der Waals surface area contributed by atoms with Gasteiger partial charge in [0.25, 0.3) is 0 Å². The van der Waals surface area contributed by atoms with Crippen LogP contribution in [0.5, 0.6) is 0 Å². The van der Waals surface area contributed by atoms with Crippen LogP contribution in [-0.4, -0.2) is 11.7 Å². The number of furan rings is 1. The fourth-order valence-electron chi connectivity index (χ4n) is 3.07. The molecule has 1 aliphatic rings. The van der Waals surface area contributed by atoms with E-state index in [0.717, 1.165) is 18.6 Å². The smallest absolute Gasteiger partial charge is 0.133 e. The highest BCUT2D eigenvalue weighted by atomic mass is 16.4. The van der Waals surface area contributed by atoms with Crippen LogP contribution < -0.4 is 5.73 Å². The Kier molecular flexibility index (Phi) is 2.96. The second-order valence-corrected chi connectivity index (χ2v) is 5.54. The molecular formula is C16H19NO2. The van der Waals surface area contributed by atoms with Gasteiger partial charge in [-0.15, -0.1) is 0 Å². The SMILES string of the molecule is Cc1ccc(C(O)C2(CN)Cc3ccccc3C2)o1. The first kappa shape index (κ1) is 12.5. The van der Waals surface area contributed by atoms with Crippen LogP contribution in [0.15, 0.2) is 40.8 Å². The fraction of sp³-hybridized carbons (Fsp3) is 0.375. The number of aryl methyl sites for hydroxylation is 1. The molecule has 1 aromatic heterocycles. The lowest BCUT2D eigenvalue weighted by Crippen LogP contribution is -2.37. The van der Waals surface area contributed by atoms with E-state index in [-0.39, 0.29) is 5.41 Å². The quantitative estimate of drug-likeness (QED) is 0.887. The summed E-state index contributed by atoms with van der Waals surface area (Å²) in [6, 6.07) is 12.0. The molecule has 0 spiro atoms. The van der Waals surface area contributed by atoms with Gasteiger partial charge in [0.2, 0.25) is 0 Å². The van der Waals surface area contributed by atoms with E-state index in [0.29, 0.717) is 12.3 Å². The van der Waals surface area contributed by atoms with E-state index >= 15 is 0 Å². The predicted molar refractivity (Wildman–Crippen MR) is 73.7 cm³/mol. The van der Waals surface area contributed by atoms with Gasteiger partial charge in [-0.2, -0.15) is 0 Å². The Morgan fingerprint density at radius 2 is 1.84 bits per heavy atom. The van der Waals surface area contributed by atoms with E-state index < -0.39 is 6.10 Å². The predicted octanol–water partition coefficient (Wildman–Crippen LogP) is 2.37. The molecule has 2 aromatic rings. The van der Waals surface area contributed by atoms with Crippen molar-refractivity contribution in [3.8, 4) is 0 Å². The summed E-state index contributed by atoms with van der Waals surface area (Å²) in [4.78, 5) is 0. The van der Waals surface area contributed by atoms with E-state index in [9.17, 15) is 5.11 Å². The van der Waals surface area contributed by atoms with Gasteiger partial charge < -0.3 is 15.3 Å². The zero-order valence-electron chi connectivity index (χ0n) is 11.1. The van der Waals surface area contributed by atoms with Crippen LogP contribution in [-0.2, 0) is 12.8 Å². The van der Waals surface area contributed by atoms with Crippen molar-refractivity contribution in [2.24, 2.45) is 11.1 Å². The Morgan fingerprint density at radius 1 is 1.21 bits per heavy atom. The van der Waals surface area contributed by atoms with Crippen molar-refractivity contribution in [3.05, 3.63) is 59.0 Å². The molecule has 0 aliphatic heterocycles. The number of rotatable bonds is 3. The molecule has 0 radical (unpaired) electrons. The molecule has 0 saturated heterocycles. The topological polar surface area (TPSA) is 59.4 Å². The summed E-state index contributed by atoms with van der Waals surface area (Å²) >= 11 is 0. The normalized spacial score (nSPS) is 18.3. The average Bonchev–Trinajstić information content (AvgIpc) is 3.01. The maximum absolute atomic E-state index is 10.7. The molecule has 0 bridgehead atoms. The highest BCUT2D eigenvalue weighted by Gasteiger charge is 2.44. The van der Waals surface area contributed by atoms with E-state index in [2.05, 4.69) is 12.1 Å². The zero-order chi connectivity index (χ0) is 13.5. The highest BCUT2D eigenvalue weighted by molar-refractivity contribution is 5.36. The summed E-state index contributed by atoms with van der Waals surface area (Å²) in [5, 5.41) is 10.7. The molecule has 3 rings (SSSR count). The summed E-state index contributed by atoms with van der Waals surface area (Å²) in [5.74, 6) is 1.44. The molecule has 1 unspecified atom stereocenters. The Balaban J connectivity index is 1.94. The second-order valence-electron chi connectivity index (χ2n) is 5.54. The highest BCUT2D eigenvalue weighted by Crippen LogP contribution is 2.45. The molecule has 1 aromatic carbocycles. The molecule has 3 heteroatoms. The first-order valence-corrected chi connectivity index (χ1v) is 6.66. The maximum atomic E-state index is 10.7. The van der Waals surface area contributed by atoms with E-state index in [4.69, 9.17) is 10.2 Å². The minimum absolute atomic E-state index is 0.339. The first-order valence-electron chi connectivity index (χ1n) is 6.66. The molecule has 1 aliphatic carbocycles. The van der Waals surface area contributed by atoms with Crippen LogP contribution in [0.1, 0.15) is 28.8 Å². The number of benzene rings is 1. The van der Waals surface area contributed by atoms with E-state index in [1.807, 2.05) is 31.2 Å². The van der Waals surface area contributed by atoms with Gasteiger partial charge in [-0.25, -0.2) is 0 Å². The zero-order valence-corrected chi connectivity index (χ0v) is 11.1. The van der Waals surface area contributed by atoms with Gasteiger partial charge >= 0.3 is 0 Å². The third kappa shape index (κ3) is 1.99. The van der Waals surface area contributed by atoms with Gasteiger partial charge in [-0.3, -0.25) is 0 Å². The minimum Gasteiger partial charge on any atom is -0.464 e. The van der Waals surface area contributed by atoms with Gasteiger partial charge in [0, 0.05) is 12.0 Å². The van der Waals surface area contributed by atoms with Crippen molar-refractivity contribution in [1.82, 2.24) is 0 Å². The van der Waals surface area contributed by atoms with Gasteiger partial charge in [0.15, 0.2) is 0 Å². The summed E-state index contributed by atoms with van der Waals surface area (Å²) in [5.41, 5.74) is 8.23. The number of aliphatic hydroxyl groups is 1. The van der Waals surface area contributed by atoms with Crippen LogP contribution in [0.4, 0.5) is 0 Å². The summed E-state index contributed by atoms with van der Waals surface area (Å²) in [6.07, 6.45) is 0.958. The Hall–Kier alpha value is -1.58.